The number of imide groups is 1. The predicted octanol–water partition coefficient (Wildman–Crippen LogP) is 1.64. The third-order valence-electron chi connectivity index (χ3n) is 18.8. The van der Waals surface area contributed by atoms with Crippen LogP contribution in [-0.2, 0) is 65.7 Å². The second kappa shape index (κ2) is 35.7. The van der Waals surface area contributed by atoms with Gasteiger partial charge in [0.1, 0.15) is 43.6 Å². The molecular formula is C73H84N10O28. The van der Waals surface area contributed by atoms with E-state index in [1.165, 1.54) is 73.4 Å². The van der Waals surface area contributed by atoms with Crippen LogP contribution < -0.4 is 54.8 Å². The summed E-state index contributed by atoms with van der Waals surface area (Å²) in [6, 6.07) is 10.5. The Morgan fingerprint density at radius 1 is 0.640 bits per heavy atom. The zero-order chi connectivity index (χ0) is 80.4. The molecule has 0 saturated carbocycles. The van der Waals surface area contributed by atoms with Crippen molar-refractivity contribution in [1.29, 1.82) is 0 Å². The van der Waals surface area contributed by atoms with Crippen molar-refractivity contribution in [3.63, 3.8) is 0 Å². The quantitative estimate of drug-likeness (QED) is 0.0113. The molecule has 6 aliphatic rings. The lowest BCUT2D eigenvalue weighted by Crippen LogP contribution is -2.61. The Kier molecular flexibility index (Phi) is 26.3. The van der Waals surface area contributed by atoms with Crippen molar-refractivity contribution in [2.24, 2.45) is 5.92 Å². The lowest BCUT2D eigenvalue weighted by Gasteiger charge is -2.38. The van der Waals surface area contributed by atoms with Crippen molar-refractivity contribution < 1.29 is 131 Å². The molecule has 10 rings (SSSR count). The van der Waals surface area contributed by atoms with Gasteiger partial charge in [0, 0.05) is 81.5 Å². The number of aliphatic carboxylic acids is 1. The molecule has 38 nitrogen and oxygen atoms in total. The van der Waals surface area contributed by atoms with E-state index in [1.54, 1.807) is 26.0 Å². The van der Waals surface area contributed by atoms with Gasteiger partial charge in [0.2, 0.25) is 29.9 Å². The van der Waals surface area contributed by atoms with Gasteiger partial charge >= 0.3 is 23.8 Å². The SMILES string of the molecule is C=C1C[C@H]2[C@H](O)N(C(=O)OCc3ccc(NC(=O)[C@H](C)NC(=O)[C@@H](NC(=O)CCOCCNC(=O)CCN4C(=O)C=CC4=O)C(C)C)cc3)c3cc(OCCCOc4cc5c(cc4OC)C(=O)N4CC(=C)C[C@H]4[C@H](O)N5C(=O)OCc4ccc(O[C@@H]5O[C@H](C(=O)O)C(O)[C@H](O)C5O)c([N+](=O)[O-])c4)c(OC)cc3C(=O)N2C1. The molecule has 4 aromatic rings. The number of fused-ring (bicyclic) bond motifs is 4. The van der Waals surface area contributed by atoms with Gasteiger partial charge in [-0.3, -0.25) is 53.4 Å². The molecule has 6 aliphatic heterocycles. The van der Waals surface area contributed by atoms with E-state index < -0.39 is 162 Å². The number of nitrogens with zero attached hydrogens (tertiary/aromatic N) is 6. The first-order valence-electron chi connectivity index (χ1n) is 35.0. The van der Waals surface area contributed by atoms with Crippen LogP contribution in [0.25, 0.3) is 0 Å². The lowest BCUT2D eigenvalue weighted by atomic mass is 9.99. The van der Waals surface area contributed by atoms with Gasteiger partial charge in [0.05, 0.1) is 80.2 Å². The van der Waals surface area contributed by atoms with Gasteiger partial charge in [-0.25, -0.2) is 24.2 Å². The van der Waals surface area contributed by atoms with Crippen molar-refractivity contribution in [3.05, 3.63) is 136 Å². The number of hydrogen-bond acceptors (Lipinski definition) is 27. The van der Waals surface area contributed by atoms with Crippen LogP contribution in [0.4, 0.5) is 32.3 Å². The first-order valence-corrected chi connectivity index (χ1v) is 35.0. The molecule has 10 amide bonds. The minimum Gasteiger partial charge on any atom is -0.493 e. The Morgan fingerprint density at radius 2 is 1.18 bits per heavy atom. The third kappa shape index (κ3) is 18.7. The van der Waals surface area contributed by atoms with Crippen molar-refractivity contribution in [1.82, 2.24) is 30.7 Å². The number of rotatable bonds is 31. The zero-order valence-corrected chi connectivity index (χ0v) is 60.8. The number of anilines is 3. The number of nitro groups is 1. The Hall–Kier alpha value is -11.8. The molecule has 10 N–H and O–H groups in total. The van der Waals surface area contributed by atoms with Gasteiger partial charge in [0.15, 0.2) is 47.3 Å². The largest absolute Gasteiger partial charge is 0.493 e. The van der Waals surface area contributed by atoms with Crippen LogP contribution in [0.3, 0.4) is 0 Å². The fourth-order valence-corrected chi connectivity index (χ4v) is 13.0. The van der Waals surface area contributed by atoms with Crippen LogP contribution in [0.15, 0.2) is 103 Å². The van der Waals surface area contributed by atoms with E-state index >= 15 is 0 Å². The zero-order valence-electron chi connectivity index (χ0n) is 60.8. The molecule has 111 heavy (non-hydrogen) atoms. The molecule has 38 heteroatoms. The van der Waals surface area contributed by atoms with E-state index in [9.17, 15) is 93.5 Å². The monoisotopic (exact) mass is 1550 g/mol. The predicted molar refractivity (Wildman–Crippen MR) is 383 cm³/mol. The van der Waals surface area contributed by atoms with Gasteiger partial charge in [-0.1, -0.05) is 56.4 Å². The molecule has 0 bridgehead atoms. The van der Waals surface area contributed by atoms with E-state index in [-0.39, 0.29) is 142 Å². The van der Waals surface area contributed by atoms with Crippen molar-refractivity contribution in [2.75, 3.05) is 81.9 Å². The number of benzene rings is 4. The van der Waals surface area contributed by atoms with Crippen molar-refractivity contribution in [3.8, 4) is 28.7 Å². The molecule has 4 aromatic carbocycles. The maximum atomic E-state index is 14.4. The maximum Gasteiger partial charge on any atom is 0.416 e. The number of nitro benzene ring substituents is 1. The summed E-state index contributed by atoms with van der Waals surface area (Å²) in [5.74, 6) is -6.97. The summed E-state index contributed by atoms with van der Waals surface area (Å²) in [5, 5.41) is 87.3. The van der Waals surface area contributed by atoms with Crippen LogP contribution in [0.1, 0.15) is 84.7 Å². The Morgan fingerprint density at radius 3 is 1.70 bits per heavy atom. The van der Waals surface area contributed by atoms with Gasteiger partial charge in [0.25, 0.3) is 23.6 Å². The van der Waals surface area contributed by atoms with Crippen LogP contribution in [0.5, 0.6) is 28.7 Å². The number of carboxylic acid groups (broad SMARTS) is 1. The highest BCUT2D eigenvalue weighted by Crippen LogP contribution is 2.45. The number of carboxylic acids is 1. The second-order valence-electron chi connectivity index (χ2n) is 26.9. The summed E-state index contributed by atoms with van der Waals surface area (Å²) in [6.07, 6.45) is -13.7. The molecule has 0 radical (unpaired) electrons. The van der Waals surface area contributed by atoms with Crippen molar-refractivity contribution >= 4 is 88.2 Å². The molecule has 0 aromatic heterocycles. The summed E-state index contributed by atoms with van der Waals surface area (Å²) in [6.45, 7) is 11.6. The number of aliphatic hydroxyl groups is 5. The number of amides is 10. The average Bonchev–Trinajstić information content (AvgIpc) is 1.62. The number of carbonyl (C=O) groups excluding carboxylic acids is 10. The molecule has 11 atom stereocenters. The highest BCUT2D eigenvalue weighted by atomic mass is 16.7. The molecule has 2 unspecified atom stereocenters. The average molecular weight is 1550 g/mol. The molecule has 3 fully saturated rings. The lowest BCUT2D eigenvalue weighted by molar-refractivity contribution is -0.387. The number of methoxy groups -OCH3 is 2. The number of hydrogen-bond donors (Lipinski definition) is 10. The van der Waals surface area contributed by atoms with Gasteiger partial charge in [-0.15, -0.1) is 0 Å². The maximum absolute atomic E-state index is 14.4. The van der Waals surface area contributed by atoms with Crippen molar-refractivity contribution in [2.45, 2.75) is 133 Å². The molecule has 6 heterocycles. The molecule has 594 valence electrons. The minimum atomic E-state index is -2.08. The third-order valence-corrected chi connectivity index (χ3v) is 18.8. The van der Waals surface area contributed by atoms with Gasteiger partial charge in [-0.2, -0.15) is 0 Å². The standard InChI is InChI=1S/C73H84N10O28/c1-36(2)59(77-56(85)18-23-105-24-19-74-55(84)17-20-78-57(86)15-16-58(78)87)65(92)75-39(5)64(91)76-42-12-9-40(10-13-42)34-108-72(99)81-45-30-53(51(103-6)28-43(45)66(93)79-32-37(3)25-48(79)68(81)95)106-21-8-22-107-54-31-46-44(29-52(54)104-7)67(94)80-33-38(4)26-49(80)69(96)82(46)73(100)109-35-41-11-14-50(47(27-41)83(101)102)110-71-62(90)60(88)61(89)63(111-71)70(97)98/h9-16,27-31,36,39,48-49,59-63,68-69,71,88-90,95-96H,3-4,8,17-26,32-35H2,1-2,5-7H3,(H,74,84)(H,75,92)(H,76,91)(H,77,85)(H,97,98)/t39-,48-,49-,59-,60-,61?,62?,63-,68-,69-,71+/m0/s1. The summed E-state index contributed by atoms with van der Waals surface area (Å²) in [5.41, 5.74) is 0.614. The summed E-state index contributed by atoms with van der Waals surface area (Å²) in [7, 11) is 2.62. The topological polar surface area (TPSA) is 500 Å². The number of carbonyl (C=O) groups is 11. The smallest absolute Gasteiger partial charge is 0.416 e. The summed E-state index contributed by atoms with van der Waals surface area (Å²) in [4.78, 5) is 161. The first-order chi connectivity index (χ1) is 52.9. The van der Waals surface area contributed by atoms with Crippen LogP contribution >= 0.6 is 0 Å². The summed E-state index contributed by atoms with van der Waals surface area (Å²) < 4.78 is 51.2. The van der Waals surface area contributed by atoms with Crippen LogP contribution in [-0.4, -0.2) is 250 Å². The molecular weight excluding hydrogens is 1460 g/mol. The van der Waals surface area contributed by atoms with Crippen LogP contribution in [0, 0.1) is 16.0 Å². The number of nitrogens with one attached hydrogen (secondary N) is 4. The number of ether oxygens (including phenoxy) is 9. The second-order valence-corrected chi connectivity index (χ2v) is 26.9. The number of aliphatic hydroxyl groups excluding tert-OH is 5. The normalized spacial score (nSPS) is 21.8. The highest BCUT2D eigenvalue weighted by molar-refractivity contribution is 6.13. The highest BCUT2D eigenvalue weighted by Gasteiger charge is 2.51. The Bertz CT molecular complexity index is 4330. The van der Waals surface area contributed by atoms with E-state index in [2.05, 4.69) is 34.4 Å². The van der Waals surface area contributed by atoms with E-state index in [0.29, 0.717) is 22.4 Å². The fraction of sp³-hybridized carbons (Fsp3) is 0.438. The van der Waals surface area contributed by atoms with E-state index in [0.717, 1.165) is 39.0 Å². The van der Waals surface area contributed by atoms with Gasteiger partial charge < -0.3 is 104 Å². The van der Waals surface area contributed by atoms with Crippen LogP contribution in [0.2, 0.25) is 0 Å². The first kappa shape index (κ1) is 81.7. The van der Waals surface area contributed by atoms with Gasteiger partial charge in [-0.05, 0) is 67.1 Å². The van der Waals surface area contributed by atoms with E-state index in [1.807, 2.05) is 0 Å². The molecule has 3 saturated heterocycles. The Labute approximate surface area is 633 Å². The Balaban J connectivity index is 0.749. The molecule has 0 spiro atoms. The van der Waals surface area contributed by atoms with E-state index in [4.69, 9.17) is 42.6 Å². The fourth-order valence-electron chi connectivity index (χ4n) is 13.0. The summed E-state index contributed by atoms with van der Waals surface area (Å²) >= 11 is 0. The molecule has 0 aliphatic carbocycles. The minimum absolute atomic E-state index is 0.0130.